The van der Waals surface area contributed by atoms with Crippen LogP contribution in [0.4, 0.5) is 5.69 Å². The fourth-order valence-electron chi connectivity index (χ4n) is 1.37. The summed E-state index contributed by atoms with van der Waals surface area (Å²) >= 11 is 5.95. The molecule has 0 bridgehead atoms. The van der Waals surface area contributed by atoms with Gasteiger partial charge in [-0.15, -0.1) is 0 Å². The topological polar surface area (TPSA) is 55.4 Å². The molecule has 4 nitrogen and oxygen atoms in total. The van der Waals surface area contributed by atoms with Crippen LogP contribution in [0.5, 0.6) is 5.75 Å². The minimum Gasteiger partial charge on any atom is -0.495 e. The molecule has 0 aliphatic heterocycles. The van der Waals surface area contributed by atoms with Gasteiger partial charge < -0.3 is 10.1 Å². The van der Waals surface area contributed by atoms with Gasteiger partial charge in [0.25, 0.3) is 0 Å². The van der Waals surface area contributed by atoms with Crippen LogP contribution in [0.25, 0.3) is 0 Å². The van der Waals surface area contributed by atoms with E-state index in [-0.39, 0.29) is 18.1 Å². The number of aryl methyl sites for hydroxylation is 1. The average Bonchev–Trinajstić information content (AvgIpc) is 2.21. The zero-order valence-electron chi connectivity index (χ0n) is 9.96. The van der Waals surface area contributed by atoms with Crippen molar-refractivity contribution in [2.24, 2.45) is 0 Å². The Bertz CT molecular complexity index is 457. The van der Waals surface area contributed by atoms with Crippen molar-refractivity contribution in [3.05, 3.63) is 22.7 Å². The molecule has 1 aromatic rings. The number of carbonyl (C=O) groups excluding carboxylic acids is 2. The Morgan fingerprint density at radius 2 is 2.06 bits per heavy atom. The summed E-state index contributed by atoms with van der Waals surface area (Å²) in [4.78, 5) is 22.2. The molecular weight excluding hydrogens is 242 g/mol. The second kappa shape index (κ2) is 5.68. The number of hydrogen-bond acceptors (Lipinski definition) is 3. The highest BCUT2D eigenvalue weighted by atomic mass is 35.5. The van der Waals surface area contributed by atoms with Crippen LogP contribution in [0.1, 0.15) is 18.9 Å². The number of carbonyl (C=O) groups is 2. The maximum atomic E-state index is 11.4. The molecule has 1 rings (SSSR count). The molecule has 92 valence electrons. The molecule has 0 radical (unpaired) electrons. The highest BCUT2D eigenvalue weighted by molar-refractivity contribution is 6.32. The number of halogens is 1. The van der Waals surface area contributed by atoms with Crippen LogP contribution in [0.3, 0.4) is 0 Å². The molecule has 0 aliphatic rings. The number of Topliss-reactive ketones (excluding diaryl/α,β-unsaturated/α-hetero) is 1. The molecule has 0 saturated carbocycles. The predicted octanol–water partition coefficient (Wildman–Crippen LogP) is 2.57. The quantitative estimate of drug-likeness (QED) is 0.842. The van der Waals surface area contributed by atoms with E-state index in [1.165, 1.54) is 14.0 Å². The summed E-state index contributed by atoms with van der Waals surface area (Å²) in [6.07, 6.45) is -0.136. The van der Waals surface area contributed by atoms with Crippen molar-refractivity contribution >= 4 is 29.0 Å². The summed E-state index contributed by atoms with van der Waals surface area (Å²) in [5.41, 5.74) is 1.41. The number of methoxy groups -OCH3 is 1. The van der Waals surface area contributed by atoms with Gasteiger partial charge in [-0.2, -0.15) is 0 Å². The lowest BCUT2D eigenvalue weighted by Gasteiger charge is -2.11. The van der Waals surface area contributed by atoms with Crippen molar-refractivity contribution in [1.82, 2.24) is 0 Å². The van der Waals surface area contributed by atoms with Gasteiger partial charge in [0.15, 0.2) is 0 Å². The molecule has 0 atom stereocenters. The van der Waals surface area contributed by atoms with Gasteiger partial charge in [0.1, 0.15) is 11.5 Å². The molecule has 1 amide bonds. The van der Waals surface area contributed by atoms with E-state index in [0.29, 0.717) is 16.5 Å². The summed E-state index contributed by atoms with van der Waals surface area (Å²) < 4.78 is 5.05. The normalized spacial score (nSPS) is 9.88. The lowest BCUT2D eigenvalue weighted by atomic mass is 10.2. The van der Waals surface area contributed by atoms with Crippen LogP contribution in [-0.2, 0) is 9.59 Å². The highest BCUT2D eigenvalue weighted by Crippen LogP contribution is 2.30. The summed E-state index contributed by atoms with van der Waals surface area (Å²) in [7, 11) is 1.52. The van der Waals surface area contributed by atoms with Gasteiger partial charge in [-0.3, -0.25) is 9.59 Å². The first kappa shape index (κ1) is 13.5. The molecule has 1 aromatic carbocycles. The standard InChI is InChI=1S/C12H14ClNO3/c1-7-4-11(17-3)9(13)6-10(7)14-12(16)5-8(2)15/h4,6H,5H2,1-3H3,(H,14,16). The molecular formula is C12H14ClNO3. The number of ether oxygens (including phenoxy) is 1. The van der Waals surface area contributed by atoms with Crippen LogP contribution in [-0.4, -0.2) is 18.8 Å². The molecule has 0 aliphatic carbocycles. The second-order valence-corrected chi connectivity index (χ2v) is 4.14. The van der Waals surface area contributed by atoms with E-state index in [0.717, 1.165) is 5.56 Å². The van der Waals surface area contributed by atoms with Crippen LogP contribution < -0.4 is 10.1 Å². The van der Waals surface area contributed by atoms with Crippen LogP contribution in [0.2, 0.25) is 5.02 Å². The Kier molecular flexibility index (Phi) is 4.52. The maximum Gasteiger partial charge on any atom is 0.231 e. The lowest BCUT2D eigenvalue weighted by Crippen LogP contribution is -2.15. The average molecular weight is 256 g/mol. The number of hydrogen-bond donors (Lipinski definition) is 1. The fraction of sp³-hybridized carbons (Fsp3) is 0.333. The third kappa shape index (κ3) is 3.75. The second-order valence-electron chi connectivity index (χ2n) is 3.73. The number of anilines is 1. The van der Waals surface area contributed by atoms with Gasteiger partial charge in [0.05, 0.1) is 18.6 Å². The zero-order chi connectivity index (χ0) is 13.0. The van der Waals surface area contributed by atoms with Crippen molar-refractivity contribution in [3.8, 4) is 5.75 Å². The smallest absolute Gasteiger partial charge is 0.231 e. The number of nitrogens with one attached hydrogen (secondary N) is 1. The first-order valence-corrected chi connectivity index (χ1v) is 5.45. The van der Waals surface area contributed by atoms with E-state index in [9.17, 15) is 9.59 Å². The number of rotatable bonds is 4. The fourth-order valence-corrected chi connectivity index (χ4v) is 1.61. The van der Waals surface area contributed by atoms with Crippen LogP contribution in [0.15, 0.2) is 12.1 Å². The van der Waals surface area contributed by atoms with E-state index in [2.05, 4.69) is 5.32 Å². The zero-order valence-corrected chi connectivity index (χ0v) is 10.7. The van der Waals surface area contributed by atoms with Crippen molar-refractivity contribution in [3.63, 3.8) is 0 Å². The minimum absolute atomic E-state index is 0.136. The number of amides is 1. The van der Waals surface area contributed by atoms with E-state index >= 15 is 0 Å². The van der Waals surface area contributed by atoms with E-state index in [1.807, 2.05) is 6.92 Å². The predicted molar refractivity (Wildman–Crippen MR) is 66.7 cm³/mol. The van der Waals surface area contributed by atoms with E-state index < -0.39 is 0 Å². The molecule has 17 heavy (non-hydrogen) atoms. The van der Waals surface area contributed by atoms with Crippen LogP contribution in [0, 0.1) is 6.92 Å². The molecule has 0 aromatic heterocycles. The first-order chi connectivity index (χ1) is 7.93. The molecule has 0 saturated heterocycles. The number of ketones is 1. The Morgan fingerprint density at radius 3 is 2.59 bits per heavy atom. The van der Waals surface area contributed by atoms with Crippen molar-refractivity contribution in [1.29, 1.82) is 0 Å². The van der Waals surface area contributed by atoms with Gasteiger partial charge in [0, 0.05) is 5.69 Å². The van der Waals surface area contributed by atoms with Crippen molar-refractivity contribution in [2.75, 3.05) is 12.4 Å². The van der Waals surface area contributed by atoms with E-state index in [4.69, 9.17) is 16.3 Å². The SMILES string of the molecule is COc1cc(C)c(NC(=O)CC(C)=O)cc1Cl. The van der Waals surface area contributed by atoms with Crippen molar-refractivity contribution in [2.45, 2.75) is 20.3 Å². The molecule has 0 heterocycles. The first-order valence-electron chi connectivity index (χ1n) is 5.07. The summed E-state index contributed by atoms with van der Waals surface area (Å²) in [5, 5.41) is 3.05. The minimum atomic E-state index is -0.346. The monoisotopic (exact) mass is 255 g/mol. The highest BCUT2D eigenvalue weighted by Gasteiger charge is 2.10. The summed E-state index contributed by atoms with van der Waals surface area (Å²) in [6.45, 7) is 3.19. The lowest BCUT2D eigenvalue weighted by molar-refractivity contribution is -0.124. The largest absolute Gasteiger partial charge is 0.495 e. The third-order valence-corrected chi connectivity index (χ3v) is 2.48. The van der Waals surface area contributed by atoms with Gasteiger partial charge in [-0.25, -0.2) is 0 Å². The maximum absolute atomic E-state index is 11.4. The Balaban J connectivity index is 2.88. The van der Waals surface area contributed by atoms with Crippen LogP contribution >= 0.6 is 11.6 Å². The van der Waals surface area contributed by atoms with Crippen molar-refractivity contribution < 1.29 is 14.3 Å². The van der Waals surface area contributed by atoms with Gasteiger partial charge in [0.2, 0.25) is 5.91 Å². The Labute approximate surface area is 105 Å². The Morgan fingerprint density at radius 1 is 1.41 bits per heavy atom. The molecule has 0 unspecified atom stereocenters. The van der Waals surface area contributed by atoms with Gasteiger partial charge in [-0.05, 0) is 31.5 Å². The number of benzene rings is 1. The molecule has 1 N–H and O–H groups in total. The molecule has 5 heteroatoms. The van der Waals surface area contributed by atoms with E-state index in [1.54, 1.807) is 12.1 Å². The summed E-state index contributed by atoms with van der Waals surface area (Å²) in [5.74, 6) is 0.0235. The third-order valence-electron chi connectivity index (χ3n) is 2.18. The van der Waals surface area contributed by atoms with Gasteiger partial charge >= 0.3 is 0 Å². The Hall–Kier alpha value is -1.55. The molecule has 0 spiro atoms. The van der Waals surface area contributed by atoms with Gasteiger partial charge in [-0.1, -0.05) is 11.6 Å². The molecule has 0 fully saturated rings. The summed E-state index contributed by atoms with van der Waals surface area (Å²) in [6, 6.07) is 3.33.